The van der Waals surface area contributed by atoms with Gasteiger partial charge in [-0.3, -0.25) is 0 Å². The fraction of sp³-hybridized carbons (Fsp3) is 0.111. The fourth-order valence-electron chi connectivity index (χ4n) is 0.858. The van der Waals surface area contributed by atoms with Gasteiger partial charge in [-0.1, -0.05) is 29.8 Å². The first kappa shape index (κ1) is 8.15. The van der Waals surface area contributed by atoms with Gasteiger partial charge in [-0.25, -0.2) is 0 Å². The normalized spacial score (nSPS) is 10.7. The van der Waals surface area contributed by atoms with E-state index in [0.29, 0.717) is 10.7 Å². The van der Waals surface area contributed by atoms with Crippen LogP contribution in [0.15, 0.2) is 24.3 Å². The quantitative estimate of drug-likeness (QED) is 0.640. The standard InChI is InChI=1S/C9H10ClN/c1-2-3-7-4-5-8(11)6-9(7)10/h2-6H,11H2,1H3. The first-order chi connectivity index (χ1) is 5.24. The van der Waals surface area contributed by atoms with E-state index < -0.39 is 0 Å². The third-order valence-electron chi connectivity index (χ3n) is 1.37. The molecule has 1 nitrogen and oxygen atoms in total. The number of benzene rings is 1. The molecular weight excluding hydrogens is 158 g/mol. The van der Waals surface area contributed by atoms with Crippen molar-refractivity contribution in [2.45, 2.75) is 6.92 Å². The highest BCUT2D eigenvalue weighted by Crippen LogP contribution is 2.19. The molecule has 0 aromatic heterocycles. The van der Waals surface area contributed by atoms with Gasteiger partial charge in [0.1, 0.15) is 0 Å². The van der Waals surface area contributed by atoms with E-state index in [4.69, 9.17) is 17.3 Å². The molecule has 2 heteroatoms. The number of nitrogen functional groups attached to an aromatic ring is 1. The zero-order chi connectivity index (χ0) is 8.27. The summed E-state index contributed by atoms with van der Waals surface area (Å²) in [4.78, 5) is 0. The van der Waals surface area contributed by atoms with E-state index in [1.807, 2.05) is 31.2 Å². The summed E-state index contributed by atoms with van der Waals surface area (Å²) in [5.41, 5.74) is 7.22. The van der Waals surface area contributed by atoms with Crippen LogP contribution in [0.4, 0.5) is 5.69 Å². The Hall–Kier alpha value is -0.950. The van der Waals surface area contributed by atoms with E-state index in [1.165, 1.54) is 0 Å². The van der Waals surface area contributed by atoms with Crippen molar-refractivity contribution < 1.29 is 0 Å². The van der Waals surface area contributed by atoms with Crippen molar-refractivity contribution in [3.8, 4) is 0 Å². The summed E-state index contributed by atoms with van der Waals surface area (Å²) in [6.07, 6.45) is 3.89. The van der Waals surface area contributed by atoms with Gasteiger partial charge in [-0.05, 0) is 24.6 Å². The predicted octanol–water partition coefficient (Wildman–Crippen LogP) is 2.96. The summed E-state index contributed by atoms with van der Waals surface area (Å²) in [6, 6.07) is 5.48. The van der Waals surface area contributed by atoms with E-state index in [2.05, 4.69) is 0 Å². The molecule has 0 saturated heterocycles. The largest absolute Gasteiger partial charge is 0.399 e. The van der Waals surface area contributed by atoms with Crippen LogP contribution < -0.4 is 5.73 Å². The van der Waals surface area contributed by atoms with Gasteiger partial charge in [0, 0.05) is 10.7 Å². The number of nitrogens with two attached hydrogens (primary N) is 1. The maximum absolute atomic E-state index is 5.88. The molecule has 0 fully saturated rings. The number of anilines is 1. The summed E-state index contributed by atoms with van der Waals surface area (Å²) in [7, 11) is 0. The van der Waals surface area contributed by atoms with Gasteiger partial charge >= 0.3 is 0 Å². The topological polar surface area (TPSA) is 26.0 Å². The van der Waals surface area contributed by atoms with Crippen molar-refractivity contribution in [1.29, 1.82) is 0 Å². The minimum absolute atomic E-state index is 0.697. The molecule has 0 aliphatic heterocycles. The molecule has 0 bridgehead atoms. The van der Waals surface area contributed by atoms with Crippen molar-refractivity contribution >= 4 is 23.4 Å². The van der Waals surface area contributed by atoms with Crippen LogP contribution >= 0.6 is 11.6 Å². The van der Waals surface area contributed by atoms with E-state index in [0.717, 1.165) is 5.56 Å². The minimum Gasteiger partial charge on any atom is -0.399 e. The number of halogens is 1. The van der Waals surface area contributed by atoms with Crippen molar-refractivity contribution in [3.63, 3.8) is 0 Å². The molecule has 0 aliphatic carbocycles. The lowest BCUT2D eigenvalue weighted by Gasteiger charge is -1.98. The van der Waals surface area contributed by atoms with Crippen LogP contribution in [0.2, 0.25) is 5.02 Å². The summed E-state index contributed by atoms with van der Waals surface area (Å²) < 4.78 is 0. The molecule has 0 spiro atoms. The smallest absolute Gasteiger partial charge is 0.0498 e. The van der Waals surface area contributed by atoms with Crippen LogP contribution in [0.3, 0.4) is 0 Å². The Labute approximate surface area is 71.5 Å². The molecule has 0 unspecified atom stereocenters. The number of allylic oxidation sites excluding steroid dienone is 1. The summed E-state index contributed by atoms with van der Waals surface area (Å²) in [5, 5.41) is 0.697. The number of hydrogen-bond acceptors (Lipinski definition) is 1. The predicted molar refractivity (Wildman–Crippen MR) is 50.6 cm³/mol. The highest BCUT2D eigenvalue weighted by atomic mass is 35.5. The third-order valence-corrected chi connectivity index (χ3v) is 1.70. The maximum atomic E-state index is 5.88. The Morgan fingerprint density at radius 2 is 2.18 bits per heavy atom. The molecule has 0 heterocycles. The van der Waals surface area contributed by atoms with Gasteiger partial charge < -0.3 is 5.73 Å². The third kappa shape index (κ3) is 1.99. The average Bonchev–Trinajstić information content (AvgIpc) is 1.95. The Morgan fingerprint density at radius 1 is 1.45 bits per heavy atom. The number of hydrogen-bond donors (Lipinski definition) is 1. The summed E-state index contributed by atoms with van der Waals surface area (Å²) in [6.45, 7) is 1.95. The second kappa shape index (κ2) is 3.44. The number of rotatable bonds is 1. The fourth-order valence-corrected chi connectivity index (χ4v) is 1.11. The van der Waals surface area contributed by atoms with Crippen molar-refractivity contribution in [3.05, 3.63) is 34.9 Å². The van der Waals surface area contributed by atoms with Crippen LogP contribution in [0.5, 0.6) is 0 Å². The highest BCUT2D eigenvalue weighted by Gasteiger charge is 1.94. The average molecular weight is 168 g/mol. The zero-order valence-electron chi connectivity index (χ0n) is 6.34. The second-order valence-corrected chi connectivity index (χ2v) is 2.69. The lowest BCUT2D eigenvalue weighted by molar-refractivity contribution is 1.63. The first-order valence-electron chi connectivity index (χ1n) is 3.42. The minimum atomic E-state index is 0.697. The Balaban J connectivity index is 3.09. The molecule has 11 heavy (non-hydrogen) atoms. The van der Waals surface area contributed by atoms with E-state index in [1.54, 1.807) is 6.07 Å². The van der Waals surface area contributed by atoms with E-state index in [9.17, 15) is 0 Å². The zero-order valence-corrected chi connectivity index (χ0v) is 7.10. The van der Waals surface area contributed by atoms with Crippen LogP contribution in [0.25, 0.3) is 6.08 Å². The van der Waals surface area contributed by atoms with E-state index >= 15 is 0 Å². The molecule has 1 rings (SSSR count). The SMILES string of the molecule is CC=Cc1ccc(N)cc1Cl. The molecule has 0 aliphatic rings. The van der Waals surface area contributed by atoms with Crippen molar-refractivity contribution in [1.82, 2.24) is 0 Å². The van der Waals surface area contributed by atoms with Gasteiger partial charge in [-0.15, -0.1) is 0 Å². The second-order valence-electron chi connectivity index (χ2n) is 2.28. The lowest BCUT2D eigenvalue weighted by Crippen LogP contribution is -1.84. The Kier molecular flexibility index (Phi) is 2.55. The molecule has 0 atom stereocenters. The molecule has 58 valence electrons. The molecule has 2 N–H and O–H groups in total. The molecular formula is C9H10ClN. The van der Waals surface area contributed by atoms with E-state index in [-0.39, 0.29) is 0 Å². The monoisotopic (exact) mass is 167 g/mol. The molecule has 0 saturated carbocycles. The van der Waals surface area contributed by atoms with Crippen LogP contribution in [-0.4, -0.2) is 0 Å². The van der Waals surface area contributed by atoms with Crippen molar-refractivity contribution in [2.24, 2.45) is 0 Å². The molecule has 1 aromatic carbocycles. The Bertz CT molecular complexity index is 279. The lowest BCUT2D eigenvalue weighted by atomic mass is 10.2. The first-order valence-corrected chi connectivity index (χ1v) is 3.79. The molecule has 0 amide bonds. The van der Waals surface area contributed by atoms with Crippen LogP contribution in [0, 0.1) is 0 Å². The van der Waals surface area contributed by atoms with Crippen LogP contribution in [-0.2, 0) is 0 Å². The molecule has 1 aromatic rings. The molecule has 0 radical (unpaired) electrons. The maximum Gasteiger partial charge on any atom is 0.0498 e. The summed E-state index contributed by atoms with van der Waals surface area (Å²) >= 11 is 5.88. The van der Waals surface area contributed by atoms with Gasteiger partial charge in [0.2, 0.25) is 0 Å². The highest BCUT2D eigenvalue weighted by molar-refractivity contribution is 6.32. The summed E-state index contributed by atoms with van der Waals surface area (Å²) in [5.74, 6) is 0. The Morgan fingerprint density at radius 3 is 2.73 bits per heavy atom. The van der Waals surface area contributed by atoms with Crippen LogP contribution in [0.1, 0.15) is 12.5 Å². The van der Waals surface area contributed by atoms with Gasteiger partial charge in [0.15, 0.2) is 0 Å². The van der Waals surface area contributed by atoms with Gasteiger partial charge in [0.05, 0.1) is 0 Å². The van der Waals surface area contributed by atoms with Gasteiger partial charge in [0.25, 0.3) is 0 Å². The van der Waals surface area contributed by atoms with Gasteiger partial charge in [-0.2, -0.15) is 0 Å². The van der Waals surface area contributed by atoms with Crippen molar-refractivity contribution in [2.75, 3.05) is 5.73 Å².